The number of benzene rings is 2. The van der Waals surface area contributed by atoms with Crippen molar-refractivity contribution in [2.45, 2.75) is 18.9 Å². The van der Waals surface area contributed by atoms with Crippen LogP contribution in [-0.4, -0.2) is 33.8 Å². The predicted molar refractivity (Wildman–Crippen MR) is 111 cm³/mol. The Labute approximate surface area is 165 Å². The minimum absolute atomic E-state index is 0.150. The third kappa shape index (κ3) is 3.27. The number of aromatic nitrogens is 2. The van der Waals surface area contributed by atoms with Gasteiger partial charge < -0.3 is 10.6 Å². The molecule has 0 saturated carbocycles. The van der Waals surface area contributed by atoms with E-state index in [9.17, 15) is 4.79 Å². The van der Waals surface area contributed by atoms with Gasteiger partial charge in [0.2, 0.25) is 0 Å². The number of anilines is 1. The van der Waals surface area contributed by atoms with E-state index in [1.165, 1.54) is 0 Å². The van der Waals surface area contributed by atoms with Crippen molar-refractivity contribution in [1.29, 1.82) is 0 Å². The van der Waals surface area contributed by atoms with Gasteiger partial charge in [-0.15, -0.1) is 0 Å². The van der Waals surface area contributed by atoms with Crippen LogP contribution in [-0.2, 0) is 12.6 Å². The van der Waals surface area contributed by atoms with E-state index in [0.29, 0.717) is 18.9 Å². The van der Waals surface area contributed by atoms with Crippen molar-refractivity contribution < 1.29 is 4.79 Å². The Morgan fingerprint density at radius 1 is 1.11 bits per heavy atom. The first-order valence-corrected chi connectivity index (χ1v) is 9.47. The fourth-order valence-electron chi connectivity index (χ4n) is 3.94. The fourth-order valence-corrected chi connectivity index (χ4v) is 3.94. The monoisotopic (exact) mass is 375 g/mol. The van der Waals surface area contributed by atoms with E-state index in [2.05, 4.69) is 10.4 Å². The number of carbonyl (C=O) groups excluding carboxylic acids is 1. The third-order valence-corrected chi connectivity index (χ3v) is 5.45. The molecule has 3 N–H and O–H groups in total. The van der Waals surface area contributed by atoms with Gasteiger partial charge in [0, 0.05) is 25.7 Å². The van der Waals surface area contributed by atoms with Crippen molar-refractivity contribution in [1.82, 2.24) is 14.7 Å². The largest absolute Gasteiger partial charge is 0.323 e. The summed E-state index contributed by atoms with van der Waals surface area (Å²) in [6, 6.07) is 19.8. The summed E-state index contributed by atoms with van der Waals surface area (Å²) in [7, 11) is 1.84. The molecule has 1 aromatic heterocycles. The van der Waals surface area contributed by atoms with E-state index in [0.717, 1.165) is 28.8 Å². The van der Waals surface area contributed by atoms with Gasteiger partial charge in [-0.05, 0) is 24.5 Å². The molecular weight excluding hydrogens is 350 g/mol. The minimum atomic E-state index is -0.511. The van der Waals surface area contributed by atoms with Crippen molar-refractivity contribution in [3.8, 4) is 11.1 Å². The Hall–Kier alpha value is -3.12. The smallest absolute Gasteiger partial charge is 0.322 e. The fraction of sp³-hybridized carbons (Fsp3) is 0.273. The molecule has 1 atom stereocenters. The molecule has 0 spiro atoms. The Morgan fingerprint density at radius 3 is 2.43 bits per heavy atom. The Morgan fingerprint density at radius 2 is 1.75 bits per heavy atom. The zero-order chi connectivity index (χ0) is 19.7. The van der Waals surface area contributed by atoms with E-state index in [4.69, 9.17) is 5.73 Å². The number of nitrogens with one attached hydrogen (secondary N) is 1. The van der Waals surface area contributed by atoms with Gasteiger partial charge in [0.1, 0.15) is 5.82 Å². The molecule has 1 aliphatic rings. The Balaban J connectivity index is 1.56. The number of rotatable bonds is 3. The molecule has 1 unspecified atom stereocenters. The van der Waals surface area contributed by atoms with Crippen LogP contribution in [0, 0.1) is 6.92 Å². The lowest BCUT2D eigenvalue weighted by molar-refractivity contribution is 0.219. The zero-order valence-electron chi connectivity index (χ0n) is 16.2. The second-order valence-corrected chi connectivity index (χ2v) is 7.42. The van der Waals surface area contributed by atoms with Crippen LogP contribution in [0.15, 0.2) is 60.7 Å². The number of amides is 2. The summed E-state index contributed by atoms with van der Waals surface area (Å²) in [5, 5.41) is 7.56. The van der Waals surface area contributed by atoms with E-state index in [1.807, 2.05) is 74.6 Å². The van der Waals surface area contributed by atoms with Gasteiger partial charge in [0.15, 0.2) is 0 Å². The summed E-state index contributed by atoms with van der Waals surface area (Å²) in [6.07, 6.45) is 0.736. The lowest BCUT2D eigenvalue weighted by Crippen LogP contribution is -2.42. The number of hydrogen-bond donors (Lipinski definition) is 2. The number of hydrogen-bond acceptors (Lipinski definition) is 3. The van der Waals surface area contributed by atoms with Gasteiger partial charge in [-0.1, -0.05) is 60.7 Å². The number of likely N-dealkylation sites (tertiary alicyclic amines) is 1. The average molecular weight is 375 g/mol. The first-order valence-electron chi connectivity index (χ1n) is 9.47. The molecule has 2 amide bonds. The number of aryl methyl sites for hydroxylation is 2. The summed E-state index contributed by atoms with van der Waals surface area (Å²) in [5.41, 5.74) is 10.0. The quantitative estimate of drug-likeness (QED) is 0.736. The highest BCUT2D eigenvalue weighted by Crippen LogP contribution is 2.33. The molecule has 3 aromatic rings. The maximum Gasteiger partial charge on any atom is 0.323 e. The van der Waals surface area contributed by atoms with Crippen LogP contribution in [0.4, 0.5) is 10.6 Å². The standard InChI is InChI=1S/C22H25N5O/c1-16-19(17-9-5-3-6-10-17)20(26(2)25-16)24-21(28)27-14-13-22(23,15-27)18-11-7-4-8-12-18/h3-12H,13-15,23H2,1-2H3,(H,24,28). The lowest BCUT2D eigenvalue weighted by Gasteiger charge is -2.25. The molecule has 28 heavy (non-hydrogen) atoms. The molecule has 0 radical (unpaired) electrons. The molecule has 6 nitrogen and oxygen atoms in total. The van der Waals surface area contributed by atoms with Gasteiger partial charge in [-0.2, -0.15) is 5.10 Å². The molecule has 0 aliphatic carbocycles. The summed E-state index contributed by atoms with van der Waals surface area (Å²) < 4.78 is 1.72. The SMILES string of the molecule is Cc1nn(C)c(NC(=O)N2CCC(N)(c3ccccc3)C2)c1-c1ccccc1. The third-order valence-electron chi connectivity index (χ3n) is 5.45. The minimum Gasteiger partial charge on any atom is -0.322 e. The first-order chi connectivity index (χ1) is 13.5. The van der Waals surface area contributed by atoms with Crippen LogP contribution in [0.5, 0.6) is 0 Å². The van der Waals surface area contributed by atoms with Crippen LogP contribution >= 0.6 is 0 Å². The molecule has 0 bridgehead atoms. The van der Waals surface area contributed by atoms with Gasteiger partial charge in [-0.25, -0.2) is 4.79 Å². The van der Waals surface area contributed by atoms with E-state index in [-0.39, 0.29) is 6.03 Å². The molecule has 2 aromatic carbocycles. The molecule has 1 aliphatic heterocycles. The summed E-state index contributed by atoms with van der Waals surface area (Å²) in [6.45, 7) is 3.06. The highest BCUT2D eigenvalue weighted by molar-refractivity contribution is 5.94. The van der Waals surface area contributed by atoms with Crippen LogP contribution < -0.4 is 11.1 Å². The van der Waals surface area contributed by atoms with Crippen LogP contribution in [0.1, 0.15) is 17.7 Å². The Kier molecular flexibility index (Phi) is 4.65. The van der Waals surface area contributed by atoms with Gasteiger partial charge >= 0.3 is 6.03 Å². The number of nitrogens with zero attached hydrogens (tertiary/aromatic N) is 3. The second kappa shape index (κ2) is 7.13. The maximum atomic E-state index is 13.0. The highest BCUT2D eigenvalue weighted by Gasteiger charge is 2.38. The summed E-state index contributed by atoms with van der Waals surface area (Å²) >= 11 is 0. The number of nitrogens with two attached hydrogens (primary N) is 1. The van der Waals surface area contributed by atoms with E-state index < -0.39 is 5.54 Å². The van der Waals surface area contributed by atoms with E-state index in [1.54, 1.807) is 9.58 Å². The molecular formula is C22H25N5O. The summed E-state index contributed by atoms with van der Waals surface area (Å²) in [5.74, 6) is 0.697. The van der Waals surface area contributed by atoms with Crippen molar-refractivity contribution in [2.24, 2.45) is 12.8 Å². The van der Waals surface area contributed by atoms with Gasteiger partial charge in [0.05, 0.1) is 11.2 Å². The summed E-state index contributed by atoms with van der Waals surface area (Å²) in [4.78, 5) is 14.8. The average Bonchev–Trinajstić information content (AvgIpc) is 3.24. The first kappa shape index (κ1) is 18.3. The maximum absolute atomic E-state index is 13.0. The lowest BCUT2D eigenvalue weighted by atomic mass is 9.90. The highest BCUT2D eigenvalue weighted by atomic mass is 16.2. The number of carbonyl (C=O) groups is 1. The normalized spacial score (nSPS) is 19.0. The van der Waals surface area contributed by atoms with Gasteiger partial charge in [-0.3, -0.25) is 10.00 Å². The van der Waals surface area contributed by atoms with Crippen molar-refractivity contribution in [3.05, 3.63) is 71.9 Å². The number of urea groups is 1. The van der Waals surface area contributed by atoms with Crippen molar-refractivity contribution in [3.63, 3.8) is 0 Å². The van der Waals surface area contributed by atoms with E-state index >= 15 is 0 Å². The predicted octanol–water partition coefficient (Wildman–Crippen LogP) is 3.49. The molecule has 1 fully saturated rings. The molecule has 144 valence electrons. The van der Waals surface area contributed by atoms with Crippen LogP contribution in [0.25, 0.3) is 11.1 Å². The molecule has 2 heterocycles. The van der Waals surface area contributed by atoms with Crippen molar-refractivity contribution >= 4 is 11.8 Å². The second-order valence-electron chi connectivity index (χ2n) is 7.42. The van der Waals surface area contributed by atoms with Gasteiger partial charge in [0.25, 0.3) is 0 Å². The van der Waals surface area contributed by atoms with Crippen molar-refractivity contribution in [2.75, 3.05) is 18.4 Å². The molecule has 4 rings (SSSR count). The molecule has 1 saturated heterocycles. The van der Waals surface area contributed by atoms with Crippen LogP contribution in [0.3, 0.4) is 0 Å². The Bertz CT molecular complexity index is 983. The topological polar surface area (TPSA) is 76.2 Å². The molecule has 6 heteroatoms. The van der Waals surface area contributed by atoms with Crippen LogP contribution in [0.2, 0.25) is 0 Å². The zero-order valence-corrected chi connectivity index (χ0v) is 16.2.